The van der Waals surface area contributed by atoms with Gasteiger partial charge >= 0.3 is 0 Å². The SMILES string of the molecule is CNOCc1ccn[nH]1. The topological polar surface area (TPSA) is 49.9 Å². The molecular weight excluding hydrogens is 118 g/mol. The van der Waals surface area contributed by atoms with Gasteiger partial charge < -0.3 is 0 Å². The van der Waals surface area contributed by atoms with Crippen molar-refractivity contribution in [1.82, 2.24) is 15.7 Å². The van der Waals surface area contributed by atoms with E-state index in [0.29, 0.717) is 6.61 Å². The second-order valence-electron chi connectivity index (χ2n) is 1.57. The molecule has 0 saturated carbocycles. The van der Waals surface area contributed by atoms with E-state index in [1.807, 2.05) is 6.07 Å². The molecule has 4 heteroatoms. The molecule has 0 aliphatic rings. The average Bonchev–Trinajstić information content (AvgIpc) is 2.34. The van der Waals surface area contributed by atoms with E-state index in [1.165, 1.54) is 0 Å². The van der Waals surface area contributed by atoms with Crippen LogP contribution in [0.15, 0.2) is 12.3 Å². The van der Waals surface area contributed by atoms with Gasteiger partial charge in [0.15, 0.2) is 0 Å². The highest BCUT2D eigenvalue weighted by Gasteiger charge is 1.89. The lowest BCUT2D eigenvalue weighted by molar-refractivity contribution is 0.0424. The fourth-order valence-electron chi connectivity index (χ4n) is 0.515. The Bertz CT molecular complexity index is 149. The van der Waals surface area contributed by atoms with Gasteiger partial charge in [0.25, 0.3) is 0 Å². The fourth-order valence-corrected chi connectivity index (χ4v) is 0.515. The third-order valence-electron chi connectivity index (χ3n) is 0.930. The van der Waals surface area contributed by atoms with Crippen molar-refractivity contribution >= 4 is 0 Å². The molecule has 1 rings (SSSR count). The summed E-state index contributed by atoms with van der Waals surface area (Å²) < 4.78 is 0. The molecule has 0 spiro atoms. The first-order chi connectivity index (χ1) is 4.43. The summed E-state index contributed by atoms with van der Waals surface area (Å²) in [6.07, 6.45) is 1.69. The van der Waals surface area contributed by atoms with Gasteiger partial charge in [-0.05, 0) is 6.07 Å². The van der Waals surface area contributed by atoms with Gasteiger partial charge in [-0.15, -0.1) is 0 Å². The quantitative estimate of drug-likeness (QED) is 0.564. The summed E-state index contributed by atoms with van der Waals surface area (Å²) in [5, 5.41) is 6.50. The maximum Gasteiger partial charge on any atom is 0.110 e. The third kappa shape index (κ3) is 1.83. The highest BCUT2D eigenvalue weighted by Crippen LogP contribution is 1.90. The maximum atomic E-state index is 4.86. The van der Waals surface area contributed by atoms with E-state index in [1.54, 1.807) is 13.2 Å². The molecule has 0 unspecified atom stereocenters. The van der Waals surface area contributed by atoms with Crippen LogP contribution in [0.2, 0.25) is 0 Å². The Morgan fingerprint density at radius 2 is 2.78 bits per heavy atom. The molecule has 0 amide bonds. The smallest absolute Gasteiger partial charge is 0.110 e. The van der Waals surface area contributed by atoms with Crippen LogP contribution in [0.4, 0.5) is 0 Å². The largest absolute Gasteiger partial charge is 0.296 e. The van der Waals surface area contributed by atoms with Crippen LogP contribution in [0.25, 0.3) is 0 Å². The van der Waals surface area contributed by atoms with Crippen molar-refractivity contribution in [1.29, 1.82) is 0 Å². The number of aromatic nitrogens is 2. The van der Waals surface area contributed by atoms with Crippen LogP contribution in [0, 0.1) is 0 Å². The van der Waals surface area contributed by atoms with E-state index in [4.69, 9.17) is 4.84 Å². The van der Waals surface area contributed by atoms with Crippen molar-refractivity contribution in [3.63, 3.8) is 0 Å². The van der Waals surface area contributed by atoms with Crippen molar-refractivity contribution in [2.45, 2.75) is 6.61 Å². The van der Waals surface area contributed by atoms with E-state index < -0.39 is 0 Å². The van der Waals surface area contributed by atoms with Gasteiger partial charge in [0, 0.05) is 13.2 Å². The molecule has 50 valence electrons. The van der Waals surface area contributed by atoms with Crippen LogP contribution >= 0.6 is 0 Å². The van der Waals surface area contributed by atoms with Crippen molar-refractivity contribution < 1.29 is 4.84 Å². The summed E-state index contributed by atoms with van der Waals surface area (Å²) in [6, 6.07) is 1.86. The predicted octanol–water partition coefficient (Wildman–Crippen LogP) is 0.0607. The molecule has 2 N–H and O–H groups in total. The minimum Gasteiger partial charge on any atom is -0.296 e. The second kappa shape index (κ2) is 3.21. The number of H-pyrrole nitrogens is 1. The van der Waals surface area contributed by atoms with E-state index >= 15 is 0 Å². The van der Waals surface area contributed by atoms with Crippen molar-refractivity contribution in [2.75, 3.05) is 7.05 Å². The number of rotatable bonds is 3. The average molecular weight is 127 g/mol. The molecule has 1 aromatic heterocycles. The number of hydrogen-bond acceptors (Lipinski definition) is 3. The van der Waals surface area contributed by atoms with Crippen LogP contribution in [-0.2, 0) is 11.4 Å². The Hall–Kier alpha value is -0.870. The van der Waals surface area contributed by atoms with Crippen molar-refractivity contribution in [3.05, 3.63) is 18.0 Å². The zero-order chi connectivity index (χ0) is 6.53. The Kier molecular flexibility index (Phi) is 2.23. The molecule has 0 bridgehead atoms. The highest BCUT2D eigenvalue weighted by atomic mass is 16.6. The summed E-state index contributed by atoms with van der Waals surface area (Å²) in [7, 11) is 1.72. The monoisotopic (exact) mass is 127 g/mol. The zero-order valence-corrected chi connectivity index (χ0v) is 5.22. The summed E-state index contributed by atoms with van der Waals surface area (Å²) in [6.45, 7) is 0.524. The Balaban J connectivity index is 2.30. The van der Waals surface area contributed by atoms with E-state index in [-0.39, 0.29) is 0 Å². The standard InChI is InChI=1S/C5H9N3O/c1-6-9-4-5-2-3-7-8-5/h2-3,6H,4H2,1H3,(H,7,8). The van der Waals surface area contributed by atoms with Crippen molar-refractivity contribution in [3.8, 4) is 0 Å². The molecule has 9 heavy (non-hydrogen) atoms. The lowest BCUT2D eigenvalue weighted by Crippen LogP contribution is -2.06. The number of nitrogens with one attached hydrogen (secondary N) is 2. The molecular formula is C5H9N3O. The molecule has 0 atom stereocenters. The molecule has 0 aliphatic heterocycles. The molecule has 0 aliphatic carbocycles. The number of nitrogens with zero attached hydrogens (tertiary/aromatic N) is 1. The summed E-state index contributed by atoms with van der Waals surface area (Å²) >= 11 is 0. The zero-order valence-electron chi connectivity index (χ0n) is 5.22. The minimum absolute atomic E-state index is 0.524. The Labute approximate surface area is 53.2 Å². The Morgan fingerprint density at radius 3 is 3.33 bits per heavy atom. The predicted molar refractivity (Wildman–Crippen MR) is 32.4 cm³/mol. The second-order valence-corrected chi connectivity index (χ2v) is 1.57. The number of hydroxylamine groups is 1. The van der Waals surface area contributed by atoms with Gasteiger partial charge in [0.2, 0.25) is 0 Å². The van der Waals surface area contributed by atoms with Gasteiger partial charge in [0.1, 0.15) is 6.61 Å². The lowest BCUT2D eigenvalue weighted by atomic mass is 10.5. The van der Waals surface area contributed by atoms with Gasteiger partial charge in [-0.3, -0.25) is 9.94 Å². The highest BCUT2D eigenvalue weighted by molar-refractivity contribution is 4.94. The van der Waals surface area contributed by atoms with Crippen molar-refractivity contribution in [2.24, 2.45) is 0 Å². The van der Waals surface area contributed by atoms with Crippen LogP contribution in [0.3, 0.4) is 0 Å². The van der Waals surface area contributed by atoms with Crippen LogP contribution in [0.5, 0.6) is 0 Å². The molecule has 4 nitrogen and oxygen atoms in total. The van der Waals surface area contributed by atoms with E-state index in [0.717, 1.165) is 5.69 Å². The Morgan fingerprint density at radius 1 is 1.89 bits per heavy atom. The normalized spacial score (nSPS) is 9.89. The van der Waals surface area contributed by atoms with Gasteiger partial charge in [-0.25, -0.2) is 5.48 Å². The van der Waals surface area contributed by atoms with E-state index in [9.17, 15) is 0 Å². The number of hydrogen-bond donors (Lipinski definition) is 2. The summed E-state index contributed by atoms with van der Waals surface area (Å²) in [5.41, 5.74) is 3.52. The molecule has 1 heterocycles. The molecule has 0 aromatic carbocycles. The third-order valence-corrected chi connectivity index (χ3v) is 0.930. The molecule has 0 fully saturated rings. The first-order valence-corrected chi connectivity index (χ1v) is 2.70. The van der Waals surface area contributed by atoms with Crippen LogP contribution in [0.1, 0.15) is 5.69 Å². The van der Waals surface area contributed by atoms with Gasteiger partial charge in [0.05, 0.1) is 5.69 Å². The fraction of sp³-hybridized carbons (Fsp3) is 0.400. The first-order valence-electron chi connectivity index (χ1n) is 2.70. The van der Waals surface area contributed by atoms with Crippen LogP contribution in [-0.4, -0.2) is 17.2 Å². The number of aromatic amines is 1. The molecule has 0 saturated heterocycles. The summed E-state index contributed by atoms with van der Waals surface area (Å²) in [5.74, 6) is 0. The minimum atomic E-state index is 0.524. The van der Waals surface area contributed by atoms with Gasteiger partial charge in [-0.2, -0.15) is 5.10 Å². The van der Waals surface area contributed by atoms with Crippen LogP contribution < -0.4 is 5.48 Å². The maximum absolute atomic E-state index is 4.86. The molecule has 0 radical (unpaired) electrons. The van der Waals surface area contributed by atoms with Gasteiger partial charge in [-0.1, -0.05) is 0 Å². The first kappa shape index (κ1) is 6.25. The summed E-state index contributed by atoms with van der Waals surface area (Å²) in [4.78, 5) is 4.86. The molecule has 1 aromatic rings. The lowest BCUT2D eigenvalue weighted by Gasteiger charge is -1.95. The van der Waals surface area contributed by atoms with E-state index in [2.05, 4.69) is 15.7 Å².